The molecule has 1 atom stereocenters. The van der Waals surface area contributed by atoms with E-state index >= 15 is 0 Å². The third-order valence-electron chi connectivity index (χ3n) is 3.06. The average Bonchev–Trinajstić information content (AvgIpc) is 2.34. The zero-order valence-electron chi connectivity index (χ0n) is 10.4. The molecule has 86 valence electrons. The molecule has 1 nitrogen and oxygen atoms in total. The number of hydrogen-bond donors (Lipinski definition) is 0. The molecule has 0 spiro atoms. The summed E-state index contributed by atoms with van der Waals surface area (Å²) in [5.74, 6) is 0.815. The SMILES string of the molecule is CCCCC(C)CCc1ccc(C#N)cc1. The molecule has 1 unspecified atom stereocenters. The predicted molar refractivity (Wildman–Crippen MR) is 68.2 cm³/mol. The highest BCUT2D eigenvalue weighted by Crippen LogP contribution is 2.15. The third-order valence-corrected chi connectivity index (χ3v) is 3.06. The largest absolute Gasteiger partial charge is 0.192 e. The molecule has 0 aromatic heterocycles. The number of unbranched alkanes of at least 4 members (excludes halogenated alkanes) is 1. The van der Waals surface area contributed by atoms with Crippen LogP contribution < -0.4 is 0 Å². The van der Waals surface area contributed by atoms with E-state index in [4.69, 9.17) is 5.26 Å². The van der Waals surface area contributed by atoms with Gasteiger partial charge in [0.05, 0.1) is 11.6 Å². The molecule has 1 heteroatoms. The summed E-state index contributed by atoms with van der Waals surface area (Å²) in [6.45, 7) is 4.58. The summed E-state index contributed by atoms with van der Waals surface area (Å²) < 4.78 is 0. The maximum Gasteiger partial charge on any atom is 0.0991 e. The Kier molecular flexibility index (Phi) is 5.64. The van der Waals surface area contributed by atoms with Crippen molar-refractivity contribution < 1.29 is 0 Å². The second-order valence-corrected chi connectivity index (χ2v) is 4.59. The highest BCUT2D eigenvalue weighted by Gasteiger charge is 2.02. The number of nitriles is 1. The number of benzene rings is 1. The molecule has 0 saturated heterocycles. The molecule has 1 rings (SSSR count). The lowest BCUT2D eigenvalue weighted by Crippen LogP contribution is -1.97. The number of hydrogen-bond acceptors (Lipinski definition) is 1. The summed E-state index contributed by atoms with van der Waals surface area (Å²) in [6, 6.07) is 10.1. The Hall–Kier alpha value is -1.29. The van der Waals surface area contributed by atoms with Crippen LogP contribution in [0.1, 0.15) is 50.7 Å². The van der Waals surface area contributed by atoms with Crippen molar-refractivity contribution in [2.75, 3.05) is 0 Å². The minimum atomic E-state index is 0.753. The van der Waals surface area contributed by atoms with Gasteiger partial charge >= 0.3 is 0 Å². The van der Waals surface area contributed by atoms with Gasteiger partial charge in [0.25, 0.3) is 0 Å². The maximum atomic E-state index is 8.69. The molecule has 1 aromatic carbocycles. The number of aryl methyl sites for hydroxylation is 1. The quantitative estimate of drug-likeness (QED) is 0.693. The Bertz CT molecular complexity index is 331. The van der Waals surface area contributed by atoms with Gasteiger partial charge in [-0.1, -0.05) is 45.2 Å². The van der Waals surface area contributed by atoms with Crippen molar-refractivity contribution in [1.82, 2.24) is 0 Å². The Morgan fingerprint density at radius 1 is 1.19 bits per heavy atom. The normalized spacial score (nSPS) is 12.1. The Balaban J connectivity index is 2.34. The van der Waals surface area contributed by atoms with Crippen LogP contribution >= 0.6 is 0 Å². The molecule has 0 aliphatic carbocycles. The second kappa shape index (κ2) is 7.06. The van der Waals surface area contributed by atoms with E-state index in [9.17, 15) is 0 Å². The first-order chi connectivity index (χ1) is 7.76. The average molecular weight is 215 g/mol. The van der Waals surface area contributed by atoms with Gasteiger partial charge in [0, 0.05) is 0 Å². The minimum Gasteiger partial charge on any atom is -0.192 e. The molecule has 16 heavy (non-hydrogen) atoms. The van der Waals surface area contributed by atoms with Gasteiger partial charge in [-0.15, -0.1) is 0 Å². The highest BCUT2D eigenvalue weighted by molar-refractivity contribution is 5.31. The fraction of sp³-hybridized carbons (Fsp3) is 0.533. The number of nitrogens with zero attached hydrogens (tertiary/aromatic N) is 1. The van der Waals surface area contributed by atoms with Crippen molar-refractivity contribution >= 4 is 0 Å². The van der Waals surface area contributed by atoms with Crippen LogP contribution in [0.4, 0.5) is 0 Å². The fourth-order valence-electron chi connectivity index (χ4n) is 1.86. The van der Waals surface area contributed by atoms with Crippen molar-refractivity contribution in [3.8, 4) is 6.07 Å². The van der Waals surface area contributed by atoms with E-state index in [1.54, 1.807) is 0 Å². The van der Waals surface area contributed by atoms with Crippen molar-refractivity contribution in [3.05, 3.63) is 35.4 Å². The summed E-state index contributed by atoms with van der Waals surface area (Å²) in [4.78, 5) is 0. The van der Waals surface area contributed by atoms with Gasteiger partial charge < -0.3 is 0 Å². The monoisotopic (exact) mass is 215 g/mol. The zero-order valence-corrected chi connectivity index (χ0v) is 10.4. The third kappa shape index (κ3) is 4.49. The van der Waals surface area contributed by atoms with Crippen LogP contribution in [0.3, 0.4) is 0 Å². The zero-order chi connectivity index (χ0) is 11.8. The molecule has 0 saturated carbocycles. The van der Waals surface area contributed by atoms with Gasteiger partial charge in [-0.25, -0.2) is 0 Å². The minimum absolute atomic E-state index is 0.753. The number of rotatable bonds is 6. The lowest BCUT2D eigenvalue weighted by atomic mass is 9.96. The molecule has 0 aliphatic heterocycles. The Labute approximate surface area is 99.1 Å². The van der Waals surface area contributed by atoms with Crippen LogP contribution in [0.15, 0.2) is 24.3 Å². The van der Waals surface area contributed by atoms with E-state index in [1.807, 2.05) is 12.1 Å². The van der Waals surface area contributed by atoms with Crippen LogP contribution in [-0.2, 0) is 6.42 Å². The van der Waals surface area contributed by atoms with E-state index in [-0.39, 0.29) is 0 Å². The molecule has 0 aliphatic rings. The first-order valence-electron chi connectivity index (χ1n) is 6.25. The van der Waals surface area contributed by atoms with E-state index in [2.05, 4.69) is 32.0 Å². The topological polar surface area (TPSA) is 23.8 Å². The van der Waals surface area contributed by atoms with Crippen LogP contribution in [0.5, 0.6) is 0 Å². The van der Waals surface area contributed by atoms with Gasteiger partial charge in [-0.3, -0.25) is 0 Å². The van der Waals surface area contributed by atoms with Gasteiger partial charge in [0.15, 0.2) is 0 Å². The molecular formula is C15H21N. The second-order valence-electron chi connectivity index (χ2n) is 4.59. The summed E-state index contributed by atoms with van der Waals surface area (Å²) in [7, 11) is 0. The molecule has 0 heterocycles. The standard InChI is InChI=1S/C15H21N/c1-3-4-5-13(2)6-7-14-8-10-15(12-16)11-9-14/h8-11,13H,3-7H2,1-2H3. The van der Waals surface area contributed by atoms with Crippen LogP contribution in [0.2, 0.25) is 0 Å². The van der Waals surface area contributed by atoms with Crippen molar-refractivity contribution in [2.45, 2.75) is 46.0 Å². The van der Waals surface area contributed by atoms with Crippen molar-refractivity contribution in [3.63, 3.8) is 0 Å². The Morgan fingerprint density at radius 2 is 1.88 bits per heavy atom. The Morgan fingerprint density at radius 3 is 2.44 bits per heavy atom. The van der Waals surface area contributed by atoms with Crippen molar-refractivity contribution in [1.29, 1.82) is 5.26 Å². The summed E-state index contributed by atoms with van der Waals surface area (Å²) in [5.41, 5.74) is 2.10. The van der Waals surface area contributed by atoms with Gasteiger partial charge in [-0.05, 0) is 36.5 Å². The lowest BCUT2D eigenvalue weighted by molar-refractivity contribution is 0.472. The highest BCUT2D eigenvalue weighted by atomic mass is 14.2. The maximum absolute atomic E-state index is 8.69. The summed E-state index contributed by atoms with van der Waals surface area (Å²) in [6.07, 6.45) is 6.37. The summed E-state index contributed by atoms with van der Waals surface area (Å²) >= 11 is 0. The fourth-order valence-corrected chi connectivity index (χ4v) is 1.86. The molecule has 0 radical (unpaired) electrons. The first kappa shape index (κ1) is 12.8. The van der Waals surface area contributed by atoms with Gasteiger partial charge in [0.1, 0.15) is 0 Å². The predicted octanol–water partition coefficient (Wildman–Crippen LogP) is 4.32. The van der Waals surface area contributed by atoms with E-state index in [0.29, 0.717) is 0 Å². The van der Waals surface area contributed by atoms with E-state index in [0.717, 1.165) is 17.9 Å². The van der Waals surface area contributed by atoms with Gasteiger partial charge in [0.2, 0.25) is 0 Å². The first-order valence-corrected chi connectivity index (χ1v) is 6.25. The van der Waals surface area contributed by atoms with Gasteiger partial charge in [-0.2, -0.15) is 5.26 Å². The lowest BCUT2D eigenvalue weighted by Gasteiger charge is -2.10. The molecule has 1 aromatic rings. The van der Waals surface area contributed by atoms with E-state index in [1.165, 1.54) is 31.2 Å². The molecule has 0 N–H and O–H groups in total. The van der Waals surface area contributed by atoms with E-state index < -0.39 is 0 Å². The molecule has 0 amide bonds. The smallest absolute Gasteiger partial charge is 0.0991 e. The summed E-state index contributed by atoms with van der Waals surface area (Å²) in [5, 5.41) is 8.69. The molecular weight excluding hydrogens is 194 g/mol. The van der Waals surface area contributed by atoms with Crippen LogP contribution in [0.25, 0.3) is 0 Å². The molecule has 0 bridgehead atoms. The van der Waals surface area contributed by atoms with Crippen LogP contribution in [-0.4, -0.2) is 0 Å². The molecule has 0 fully saturated rings. The van der Waals surface area contributed by atoms with Crippen molar-refractivity contribution in [2.24, 2.45) is 5.92 Å². The van der Waals surface area contributed by atoms with Crippen LogP contribution in [0, 0.1) is 17.2 Å².